The molecule has 0 spiro atoms. The summed E-state index contributed by atoms with van der Waals surface area (Å²) in [6.45, 7) is 0.592. The van der Waals surface area contributed by atoms with Crippen molar-refractivity contribution < 1.29 is 19.4 Å². The average Bonchev–Trinajstić information content (AvgIpc) is 3.22. The first-order valence-corrected chi connectivity index (χ1v) is 10.1. The molecule has 1 aliphatic rings. The fourth-order valence-corrected chi connectivity index (χ4v) is 3.70. The van der Waals surface area contributed by atoms with E-state index in [4.69, 9.17) is 4.74 Å². The Morgan fingerprint density at radius 1 is 1.03 bits per heavy atom. The predicted molar refractivity (Wildman–Crippen MR) is 114 cm³/mol. The molecule has 2 aromatic carbocycles. The fraction of sp³-hybridized carbons (Fsp3) is 0.250. The number of aliphatic hydroxyl groups excluding tert-OH is 1. The minimum Gasteiger partial charge on any atom is -0.462 e. The van der Waals surface area contributed by atoms with E-state index in [9.17, 15) is 14.7 Å². The van der Waals surface area contributed by atoms with Gasteiger partial charge in [0, 0.05) is 43.2 Å². The van der Waals surface area contributed by atoms with Gasteiger partial charge < -0.3 is 14.4 Å². The van der Waals surface area contributed by atoms with Crippen LogP contribution in [0.5, 0.6) is 0 Å². The summed E-state index contributed by atoms with van der Waals surface area (Å²) in [5.74, 6) is -0.478. The molecule has 154 valence electrons. The van der Waals surface area contributed by atoms with Crippen LogP contribution in [-0.4, -0.2) is 33.8 Å². The lowest BCUT2D eigenvalue weighted by molar-refractivity contribution is -0.160. The second-order valence-corrected chi connectivity index (χ2v) is 7.44. The number of carbonyl (C=O) groups is 2. The average molecular weight is 404 g/mol. The summed E-state index contributed by atoms with van der Waals surface area (Å²) in [5, 5.41) is 9.74. The number of aliphatic hydroxyl groups is 1. The number of hydrogen-bond donors (Lipinski definition) is 1. The summed E-state index contributed by atoms with van der Waals surface area (Å²) in [4.78, 5) is 26.5. The van der Waals surface area contributed by atoms with Gasteiger partial charge in [0.2, 0.25) is 0 Å². The van der Waals surface area contributed by atoms with Crippen molar-refractivity contribution in [3.63, 3.8) is 0 Å². The molecule has 2 atom stereocenters. The first kappa shape index (κ1) is 19.9. The summed E-state index contributed by atoms with van der Waals surface area (Å²) in [7, 11) is 0. The van der Waals surface area contributed by atoms with Gasteiger partial charge in [-0.05, 0) is 30.3 Å². The van der Waals surface area contributed by atoms with E-state index in [0.29, 0.717) is 24.9 Å². The number of ether oxygens (including phenoxy) is 1. The van der Waals surface area contributed by atoms with Gasteiger partial charge in [0.15, 0.2) is 0 Å². The summed E-state index contributed by atoms with van der Waals surface area (Å²) in [5.41, 5.74) is 2.16. The SMILES string of the molecule is O=C1CC(O)CC(CCn2ccc(C(=O)N(c3ccccc3)c3ccccc3)c2)O1. The van der Waals surface area contributed by atoms with E-state index in [-0.39, 0.29) is 24.4 Å². The third-order valence-corrected chi connectivity index (χ3v) is 5.17. The highest BCUT2D eigenvalue weighted by Gasteiger charge is 2.27. The zero-order valence-corrected chi connectivity index (χ0v) is 16.6. The summed E-state index contributed by atoms with van der Waals surface area (Å²) in [6.07, 6.45) is 3.83. The molecule has 30 heavy (non-hydrogen) atoms. The van der Waals surface area contributed by atoms with Crippen LogP contribution in [0, 0.1) is 0 Å². The third kappa shape index (κ3) is 4.60. The van der Waals surface area contributed by atoms with Crippen molar-refractivity contribution in [1.29, 1.82) is 0 Å². The van der Waals surface area contributed by atoms with Crippen molar-refractivity contribution in [3.05, 3.63) is 84.7 Å². The highest BCUT2D eigenvalue weighted by Crippen LogP contribution is 2.27. The van der Waals surface area contributed by atoms with Gasteiger partial charge in [-0.3, -0.25) is 14.5 Å². The number of rotatable bonds is 6. The fourth-order valence-electron chi connectivity index (χ4n) is 3.70. The van der Waals surface area contributed by atoms with Crippen molar-refractivity contribution in [2.45, 2.75) is 38.0 Å². The Labute approximate surface area is 175 Å². The lowest BCUT2D eigenvalue weighted by atomic mass is 10.0. The van der Waals surface area contributed by atoms with E-state index in [2.05, 4.69) is 0 Å². The normalized spacial score (nSPS) is 18.6. The molecule has 0 bridgehead atoms. The van der Waals surface area contributed by atoms with Gasteiger partial charge in [0.1, 0.15) is 6.10 Å². The second-order valence-electron chi connectivity index (χ2n) is 7.44. The van der Waals surface area contributed by atoms with E-state index in [1.54, 1.807) is 11.0 Å². The van der Waals surface area contributed by atoms with Gasteiger partial charge in [-0.15, -0.1) is 0 Å². The van der Waals surface area contributed by atoms with Crippen LogP contribution in [0.15, 0.2) is 79.1 Å². The molecule has 1 aromatic heterocycles. The number of aryl methyl sites for hydroxylation is 1. The molecule has 6 heteroatoms. The van der Waals surface area contributed by atoms with E-state index < -0.39 is 6.10 Å². The highest BCUT2D eigenvalue weighted by atomic mass is 16.5. The van der Waals surface area contributed by atoms with Gasteiger partial charge in [-0.1, -0.05) is 36.4 Å². The Morgan fingerprint density at radius 2 is 1.67 bits per heavy atom. The van der Waals surface area contributed by atoms with E-state index in [1.165, 1.54) is 0 Å². The number of aromatic nitrogens is 1. The number of anilines is 2. The van der Waals surface area contributed by atoms with Crippen molar-refractivity contribution >= 4 is 23.3 Å². The molecule has 1 N–H and O–H groups in total. The maximum absolute atomic E-state index is 13.4. The number of para-hydroxylation sites is 2. The lowest BCUT2D eigenvalue weighted by Crippen LogP contribution is -2.33. The maximum atomic E-state index is 13.4. The van der Waals surface area contributed by atoms with Crippen LogP contribution in [0.4, 0.5) is 11.4 Å². The van der Waals surface area contributed by atoms with Gasteiger partial charge in [-0.2, -0.15) is 0 Å². The lowest BCUT2D eigenvalue weighted by Gasteiger charge is -2.26. The number of esters is 1. The van der Waals surface area contributed by atoms with Gasteiger partial charge >= 0.3 is 5.97 Å². The summed E-state index contributed by atoms with van der Waals surface area (Å²) in [6, 6.07) is 20.9. The molecule has 0 saturated carbocycles. The van der Waals surface area contributed by atoms with Crippen LogP contribution >= 0.6 is 0 Å². The van der Waals surface area contributed by atoms with Crippen LogP contribution in [0.25, 0.3) is 0 Å². The predicted octanol–water partition coefficient (Wildman–Crippen LogP) is 3.92. The zero-order chi connectivity index (χ0) is 20.9. The second kappa shape index (κ2) is 8.97. The first-order valence-electron chi connectivity index (χ1n) is 10.1. The van der Waals surface area contributed by atoms with E-state index >= 15 is 0 Å². The Bertz CT molecular complexity index is 961. The van der Waals surface area contributed by atoms with Crippen molar-refractivity contribution in [2.24, 2.45) is 0 Å². The molecule has 0 radical (unpaired) electrons. The molecule has 1 fully saturated rings. The van der Waals surface area contributed by atoms with Gasteiger partial charge in [0.25, 0.3) is 5.91 Å². The van der Waals surface area contributed by atoms with E-state index in [0.717, 1.165) is 11.4 Å². The van der Waals surface area contributed by atoms with Crippen LogP contribution in [0.1, 0.15) is 29.6 Å². The molecule has 4 rings (SSSR count). The van der Waals surface area contributed by atoms with E-state index in [1.807, 2.05) is 77.6 Å². The summed E-state index contributed by atoms with van der Waals surface area (Å²) >= 11 is 0. The Hall–Kier alpha value is -3.38. The Morgan fingerprint density at radius 3 is 2.27 bits per heavy atom. The minimum absolute atomic E-state index is 0.0630. The van der Waals surface area contributed by atoms with Crippen molar-refractivity contribution in [1.82, 2.24) is 4.57 Å². The van der Waals surface area contributed by atoms with Gasteiger partial charge in [0.05, 0.1) is 18.1 Å². The van der Waals surface area contributed by atoms with Crippen LogP contribution in [-0.2, 0) is 16.1 Å². The van der Waals surface area contributed by atoms with Gasteiger partial charge in [-0.25, -0.2) is 0 Å². The Kier molecular flexibility index (Phi) is 5.95. The Balaban J connectivity index is 1.49. The number of nitrogens with zero attached hydrogens (tertiary/aromatic N) is 2. The molecule has 3 aromatic rings. The smallest absolute Gasteiger partial charge is 0.308 e. The first-order chi connectivity index (χ1) is 14.6. The molecule has 6 nitrogen and oxygen atoms in total. The summed E-state index contributed by atoms with van der Waals surface area (Å²) < 4.78 is 7.21. The molecule has 2 heterocycles. The van der Waals surface area contributed by atoms with Crippen molar-refractivity contribution in [3.8, 4) is 0 Å². The third-order valence-electron chi connectivity index (χ3n) is 5.17. The maximum Gasteiger partial charge on any atom is 0.308 e. The number of cyclic esters (lactones) is 1. The number of carbonyl (C=O) groups excluding carboxylic acids is 2. The monoisotopic (exact) mass is 404 g/mol. The largest absolute Gasteiger partial charge is 0.462 e. The molecular weight excluding hydrogens is 380 g/mol. The molecule has 1 saturated heterocycles. The van der Waals surface area contributed by atoms with Crippen LogP contribution in [0.3, 0.4) is 0 Å². The number of amides is 1. The van der Waals surface area contributed by atoms with Crippen LogP contribution in [0.2, 0.25) is 0 Å². The molecular formula is C24H24N2O4. The minimum atomic E-state index is -0.636. The standard InChI is InChI=1S/C24H24N2O4/c27-21-15-22(30-23(28)16-21)12-14-25-13-11-18(17-25)24(29)26(19-7-3-1-4-8-19)20-9-5-2-6-10-20/h1-11,13,17,21-22,27H,12,14-16H2. The number of hydrogen-bond acceptors (Lipinski definition) is 4. The molecule has 1 aliphatic heterocycles. The molecule has 0 aliphatic carbocycles. The highest BCUT2D eigenvalue weighted by molar-refractivity contribution is 6.10. The zero-order valence-electron chi connectivity index (χ0n) is 16.6. The topological polar surface area (TPSA) is 71.8 Å². The van der Waals surface area contributed by atoms with Crippen LogP contribution < -0.4 is 4.90 Å². The van der Waals surface area contributed by atoms with Crippen molar-refractivity contribution in [2.75, 3.05) is 4.90 Å². The molecule has 1 amide bonds. The number of benzene rings is 2. The molecule has 2 unspecified atom stereocenters. The quantitative estimate of drug-likeness (QED) is 0.632.